The summed E-state index contributed by atoms with van der Waals surface area (Å²) in [7, 11) is 1.88. The zero-order valence-corrected chi connectivity index (χ0v) is 15.3. The van der Waals surface area contributed by atoms with Crippen LogP contribution in [0.3, 0.4) is 0 Å². The average molecular weight is 347 g/mol. The Hall–Kier alpha value is -3.22. The largest absolute Gasteiger partial charge is 0.323 e. The lowest BCUT2D eigenvalue weighted by Gasteiger charge is -2.19. The maximum Gasteiger partial charge on any atom is 0.247 e. The number of fused-ring (bicyclic) bond motifs is 1. The Balaban J connectivity index is 1.66. The molecule has 0 aliphatic rings. The third-order valence-corrected chi connectivity index (χ3v) is 4.24. The van der Waals surface area contributed by atoms with Crippen molar-refractivity contribution >= 4 is 17.3 Å². The number of anilines is 2. The molecular weight excluding hydrogens is 326 g/mol. The molecule has 3 heterocycles. The van der Waals surface area contributed by atoms with E-state index in [1.165, 1.54) is 5.56 Å². The van der Waals surface area contributed by atoms with Crippen molar-refractivity contribution in [1.29, 1.82) is 0 Å². The van der Waals surface area contributed by atoms with Gasteiger partial charge in [-0.25, -0.2) is 4.52 Å². The van der Waals surface area contributed by atoms with E-state index in [1.54, 1.807) is 27.8 Å². The van der Waals surface area contributed by atoms with Gasteiger partial charge < -0.3 is 5.32 Å². The number of nitrogens with one attached hydrogen (secondary N) is 1. The molecule has 7 nitrogen and oxygen atoms in total. The Kier molecular flexibility index (Phi) is 3.72. The van der Waals surface area contributed by atoms with Crippen LogP contribution in [0.15, 0.2) is 49.1 Å². The molecule has 0 fully saturated rings. The van der Waals surface area contributed by atoms with Crippen LogP contribution in [0.25, 0.3) is 16.9 Å². The van der Waals surface area contributed by atoms with Crippen LogP contribution in [0.5, 0.6) is 0 Å². The van der Waals surface area contributed by atoms with Gasteiger partial charge >= 0.3 is 0 Å². The molecule has 0 aliphatic heterocycles. The highest BCUT2D eigenvalue weighted by Gasteiger charge is 2.14. The second-order valence-corrected chi connectivity index (χ2v) is 7.33. The summed E-state index contributed by atoms with van der Waals surface area (Å²) in [5.74, 6) is 0.534. The van der Waals surface area contributed by atoms with Crippen LogP contribution >= 0.6 is 0 Å². The van der Waals surface area contributed by atoms with Crippen LogP contribution in [-0.2, 0) is 12.5 Å². The van der Waals surface area contributed by atoms with E-state index in [0.29, 0.717) is 11.6 Å². The Morgan fingerprint density at radius 2 is 1.85 bits per heavy atom. The van der Waals surface area contributed by atoms with Gasteiger partial charge in [0.2, 0.25) is 5.95 Å². The third kappa shape index (κ3) is 3.03. The summed E-state index contributed by atoms with van der Waals surface area (Å²) in [6.45, 7) is 6.60. The van der Waals surface area contributed by atoms with Crippen molar-refractivity contribution in [3.63, 3.8) is 0 Å². The number of aryl methyl sites for hydroxylation is 1. The molecule has 0 atom stereocenters. The first-order valence-corrected chi connectivity index (χ1v) is 8.48. The van der Waals surface area contributed by atoms with Crippen LogP contribution in [0, 0.1) is 0 Å². The first-order valence-electron chi connectivity index (χ1n) is 8.48. The van der Waals surface area contributed by atoms with Crippen molar-refractivity contribution < 1.29 is 0 Å². The van der Waals surface area contributed by atoms with Gasteiger partial charge in [0.1, 0.15) is 5.69 Å². The fourth-order valence-corrected chi connectivity index (χ4v) is 2.80. The Morgan fingerprint density at radius 1 is 1.08 bits per heavy atom. The van der Waals surface area contributed by atoms with Gasteiger partial charge in [0, 0.05) is 36.9 Å². The summed E-state index contributed by atoms with van der Waals surface area (Å²) >= 11 is 0. The summed E-state index contributed by atoms with van der Waals surface area (Å²) in [4.78, 5) is 9.05. The second-order valence-electron chi connectivity index (χ2n) is 7.33. The number of benzene rings is 1. The van der Waals surface area contributed by atoms with Crippen molar-refractivity contribution in [1.82, 2.24) is 29.4 Å². The molecular formula is C19H21N7. The molecule has 1 N–H and O–H groups in total. The van der Waals surface area contributed by atoms with Crippen molar-refractivity contribution in [2.45, 2.75) is 26.2 Å². The number of nitrogens with zero attached hydrogens (tertiary/aromatic N) is 6. The van der Waals surface area contributed by atoms with Gasteiger partial charge in [0.25, 0.3) is 0 Å². The van der Waals surface area contributed by atoms with E-state index in [4.69, 9.17) is 0 Å². The minimum absolute atomic E-state index is 0.129. The highest BCUT2D eigenvalue weighted by molar-refractivity contribution is 5.73. The van der Waals surface area contributed by atoms with Crippen molar-refractivity contribution in [2.75, 3.05) is 5.32 Å². The van der Waals surface area contributed by atoms with Crippen LogP contribution in [0.1, 0.15) is 26.3 Å². The van der Waals surface area contributed by atoms with Crippen LogP contribution < -0.4 is 5.32 Å². The zero-order valence-electron chi connectivity index (χ0n) is 15.3. The zero-order chi connectivity index (χ0) is 18.3. The molecule has 0 aliphatic carbocycles. The van der Waals surface area contributed by atoms with Gasteiger partial charge in [-0.2, -0.15) is 10.1 Å². The van der Waals surface area contributed by atoms with Crippen LogP contribution in [0.4, 0.5) is 11.6 Å². The Morgan fingerprint density at radius 3 is 2.50 bits per heavy atom. The van der Waals surface area contributed by atoms with E-state index in [9.17, 15) is 0 Å². The molecule has 0 amide bonds. The highest BCUT2D eigenvalue weighted by atomic mass is 15.4. The van der Waals surface area contributed by atoms with Crippen molar-refractivity contribution in [2.24, 2.45) is 7.05 Å². The van der Waals surface area contributed by atoms with E-state index in [1.807, 2.05) is 25.4 Å². The molecule has 26 heavy (non-hydrogen) atoms. The quantitative estimate of drug-likeness (QED) is 0.613. The van der Waals surface area contributed by atoms with E-state index < -0.39 is 0 Å². The van der Waals surface area contributed by atoms with Gasteiger partial charge in [-0.1, -0.05) is 32.9 Å². The first-order chi connectivity index (χ1) is 12.4. The third-order valence-electron chi connectivity index (χ3n) is 4.24. The highest BCUT2D eigenvalue weighted by Crippen LogP contribution is 2.25. The molecule has 0 spiro atoms. The fourth-order valence-electron chi connectivity index (χ4n) is 2.80. The summed E-state index contributed by atoms with van der Waals surface area (Å²) in [6.07, 6.45) is 7.19. The maximum atomic E-state index is 4.61. The number of rotatable bonds is 3. The normalized spacial score (nSPS) is 11.8. The molecule has 0 saturated carbocycles. The topological polar surface area (TPSA) is 72.9 Å². The van der Waals surface area contributed by atoms with Crippen molar-refractivity contribution in [3.8, 4) is 11.3 Å². The lowest BCUT2D eigenvalue weighted by Crippen LogP contribution is -2.10. The van der Waals surface area contributed by atoms with E-state index in [0.717, 1.165) is 16.9 Å². The predicted octanol–water partition coefficient (Wildman–Crippen LogP) is 3.57. The average Bonchev–Trinajstić information content (AvgIpc) is 3.19. The number of hydrogen-bond acceptors (Lipinski definition) is 5. The van der Waals surface area contributed by atoms with Gasteiger partial charge in [-0.15, -0.1) is 5.10 Å². The molecule has 0 radical (unpaired) electrons. The minimum Gasteiger partial charge on any atom is -0.323 e. The van der Waals surface area contributed by atoms with Crippen LogP contribution in [-0.4, -0.2) is 29.4 Å². The van der Waals surface area contributed by atoms with Crippen molar-refractivity contribution in [3.05, 3.63) is 54.6 Å². The smallest absolute Gasteiger partial charge is 0.247 e. The number of aromatic nitrogens is 6. The van der Waals surface area contributed by atoms with Gasteiger partial charge in [0.15, 0.2) is 5.65 Å². The lowest BCUT2D eigenvalue weighted by atomic mass is 9.87. The SMILES string of the molecule is Cn1cc(-c2nccn3nc(Nc4ccc(C(C)(C)C)cc4)nc23)cn1. The summed E-state index contributed by atoms with van der Waals surface area (Å²) in [5.41, 5.74) is 4.72. The molecule has 4 rings (SSSR count). The molecule has 7 heteroatoms. The van der Waals surface area contributed by atoms with Gasteiger partial charge in [-0.05, 0) is 23.1 Å². The summed E-state index contributed by atoms with van der Waals surface area (Å²) in [6, 6.07) is 8.35. The fraction of sp³-hybridized carbons (Fsp3) is 0.263. The monoisotopic (exact) mass is 347 g/mol. The molecule has 0 saturated heterocycles. The van der Waals surface area contributed by atoms with Crippen LogP contribution in [0.2, 0.25) is 0 Å². The molecule has 0 bridgehead atoms. The lowest BCUT2D eigenvalue weighted by molar-refractivity contribution is 0.590. The van der Waals surface area contributed by atoms with E-state index >= 15 is 0 Å². The second kappa shape index (κ2) is 5.94. The predicted molar refractivity (Wildman–Crippen MR) is 101 cm³/mol. The van der Waals surface area contributed by atoms with Gasteiger partial charge in [-0.3, -0.25) is 9.67 Å². The van der Waals surface area contributed by atoms with E-state index in [2.05, 4.69) is 58.4 Å². The number of hydrogen-bond donors (Lipinski definition) is 1. The maximum absolute atomic E-state index is 4.61. The van der Waals surface area contributed by atoms with E-state index in [-0.39, 0.29) is 5.41 Å². The standard InChI is InChI=1S/C19H21N7/c1-19(2,3)14-5-7-15(8-6-14)22-18-23-17-16(13-11-21-25(4)12-13)20-9-10-26(17)24-18/h5-12H,1-4H3,(H,22,24). The molecule has 132 valence electrons. The molecule has 4 aromatic rings. The Bertz CT molecular complexity index is 1050. The molecule has 0 unspecified atom stereocenters. The minimum atomic E-state index is 0.129. The summed E-state index contributed by atoms with van der Waals surface area (Å²) < 4.78 is 3.47. The Labute approximate surface area is 151 Å². The first kappa shape index (κ1) is 16.3. The molecule has 3 aromatic heterocycles. The summed E-state index contributed by atoms with van der Waals surface area (Å²) in [5, 5.41) is 12.0. The van der Waals surface area contributed by atoms with Gasteiger partial charge in [0.05, 0.1) is 6.20 Å². The molecule has 1 aromatic carbocycles.